The lowest BCUT2D eigenvalue weighted by Crippen LogP contribution is -2.41. The van der Waals surface area contributed by atoms with Gasteiger partial charge in [0.25, 0.3) is 5.91 Å². The molecule has 1 rings (SSSR count). The number of amides is 1. The van der Waals surface area contributed by atoms with E-state index in [-0.39, 0.29) is 22.6 Å². The summed E-state index contributed by atoms with van der Waals surface area (Å²) in [5.74, 6) is 0.236. The third kappa shape index (κ3) is 2.53. The molecule has 0 bridgehead atoms. The second kappa shape index (κ2) is 4.19. The van der Waals surface area contributed by atoms with Crippen molar-refractivity contribution in [2.45, 2.75) is 19.9 Å². The highest BCUT2D eigenvalue weighted by Gasteiger charge is 2.14. The highest BCUT2D eigenvalue weighted by Crippen LogP contribution is 2.01. The highest BCUT2D eigenvalue weighted by atomic mass is 32.1. The number of rotatable bonds is 3. The molecule has 0 aliphatic rings. The number of aromatic nitrogens is 1. The molecule has 3 N–H and O–H groups in total. The van der Waals surface area contributed by atoms with Crippen molar-refractivity contribution in [2.75, 3.05) is 0 Å². The summed E-state index contributed by atoms with van der Waals surface area (Å²) < 4.78 is 4.75. The molecule has 1 aromatic heterocycles. The molecule has 1 atom stereocenters. The van der Waals surface area contributed by atoms with E-state index >= 15 is 0 Å². The Morgan fingerprint density at radius 2 is 2.43 bits per heavy atom. The van der Waals surface area contributed by atoms with Crippen LogP contribution >= 0.6 is 12.2 Å². The average Bonchev–Trinajstić information content (AvgIpc) is 2.51. The van der Waals surface area contributed by atoms with Crippen molar-refractivity contribution in [2.24, 2.45) is 5.73 Å². The first-order valence-electron chi connectivity index (χ1n) is 4.04. The van der Waals surface area contributed by atoms with Gasteiger partial charge in [0, 0.05) is 6.07 Å². The van der Waals surface area contributed by atoms with Gasteiger partial charge in [0.15, 0.2) is 5.69 Å². The van der Waals surface area contributed by atoms with Gasteiger partial charge in [0.1, 0.15) is 5.76 Å². The van der Waals surface area contributed by atoms with Crippen LogP contribution in [0, 0.1) is 6.92 Å². The topological polar surface area (TPSA) is 81.2 Å². The van der Waals surface area contributed by atoms with Crippen molar-refractivity contribution >= 4 is 23.1 Å². The summed E-state index contributed by atoms with van der Waals surface area (Å²) in [6.45, 7) is 3.41. The minimum atomic E-state index is -0.352. The molecule has 0 aromatic carbocycles. The molecular weight excluding hydrogens is 202 g/mol. The Morgan fingerprint density at radius 3 is 2.86 bits per heavy atom. The summed E-state index contributed by atoms with van der Waals surface area (Å²) in [4.78, 5) is 11.7. The van der Waals surface area contributed by atoms with E-state index in [1.54, 1.807) is 19.9 Å². The molecule has 0 radical (unpaired) electrons. The largest absolute Gasteiger partial charge is 0.392 e. The van der Waals surface area contributed by atoms with Crippen LogP contribution < -0.4 is 11.1 Å². The van der Waals surface area contributed by atoms with Gasteiger partial charge in [-0.3, -0.25) is 4.79 Å². The van der Waals surface area contributed by atoms with E-state index in [1.807, 2.05) is 0 Å². The molecule has 6 heteroatoms. The van der Waals surface area contributed by atoms with E-state index in [2.05, 4.69) is 10.5 Å². The van der Waals surface area contributed by atoms with Crippen LogP contribution in [0.4, 0.5) is 0 Å². The maximum Gasteiger partial charge on any atom is 0.274 e. The number of carbonyl (C=O) groups is 1. The van der Waals surface area contributed by atoms with Gasteiger partial charge in [-0.15, -0.1) is 0 Å². The Labute approximate surface area is 86.6 Å². The van der Waals surface area contributed by atoms with Gasteiger partial charge >= 0.3 is 0 Å². The highest BCUT2D eigenvalue weighted by molar-refractivity contribution is 7.80. The van der Waals surface area contributed by atoms with E-state index in [1.165, 1.54) is 0 Å². The zero-order valence-corrected chi connectivity index (χ0v) is 8.72. The lowest BCUT2D eigenvalue weighted by Gasteiger charge is -2.09. The summed E-state index contributed by atoms with van der Waals surface area (Å²) in [6, 6.07) is 1.19. The summed E-state index contributed by atoms with van der Waals surface area (Å²) in [5, 5.41) is 6.14. The molecule has 0 fully saturated rings. The summed E-state index contributed by atoms with van der Waals surface area (Å²) in [7, 11) is 0. The smallest absolute Gasteiger partial charge is 0.274 e. The molecule has 1 aromatic rings. The Kier molecular flexibility index (Phi) is 3.19. The standard InChI is InChI=1S/C8H11N3O2S/c1-4-3-6(11-13-4)8(12)10-5(2)7(9)14/h3,5H,1-2H3,(H2,9,14)(H,10,12). The number of hydrogen-bond acceptors (Lipinski definition) is 4. The molecule has 1 unspecified atom stereocenters. The maximum absolute atomic E-state index is 11.4. The molecule has 5 nitrogen and oxygen atoms in total. The monoisotopic (exact) mass is 213 g/mol. The van der Waals surface area contributed by atoms with E-state index in [9.17, 15) is 4.79 Å². The fourth-order valence-corrected chi connectivity index (χ4v) is 0.874. The van der Waals surface area contributed by atoms with Crippen molar-refractivity contribution < 1.29 is 9.32 Å². The first-order valence-corrected chi connectivity index (χ1v) is 4.45. The number of nitrogens with two attached hydrogens (primary N) is 1. The van der Waals surface area contributed by atoms with Gasteiger partial charge < -0.3 is 15.6 Å². The van der Waals surface area contributed by atoms with Crippen LogP contribution in [0.2, 0.25) is 0 Å². The Hall–Kier alpha value is -1.43. The van der Waals surface area contributed by atoms with Crippen molar-refractivity contribution in [3.63, 3.8) is 0 Å². The summed E-state index contributed by atoms with van der Waals surface area (Å²) >= 11 is 4.71. The van der Waals surface area contributed by atoms with E-state index in [4.69, 9.17) is 22.5 Å². The number of hydrogen-bond donors (Lipinski definition) is 2. The molecule has 0 saturated heterocycles. The van der Waals surface area contributed by atoms with Gasteiger partial charge in [-0.2, -0.15) is 0 Å². The number of nitrogens with zero attached hydrogens (tertiary/aromatic N) is 1. The fraction of sp³-hybridized carbons (Fsp3) is 0.375. The number of nitrogens with one attached hydrogen (secondary N) is 1. The summed E-state index contributed by atoms with van der Waals surface area (Å²) in [5.41, 5.74) is 5.57. The SMILES string of the molecule is Cc1cc(C(=O)NC(C)C(N)=S)no1. The lowest BCUT2D eigenvalue weighted by atomic mass is 10.3. The number of carbonyl (C=O) groups excluding carboxylic acids is 1. The Bertz CT molecular complexity index is 361. The molecule has 0 spiro atoms. The van der Waals surface area contributed by atoms with Gasteiger partial charge in [0.05, 0.1) is 11.0 Å². The second-order valence-corrected chi connectivity index (χ2v) is 3.39. The minimum absolute atomic E-state index is 0.227. The number of thiocarbonyl (C=S) groups is 1. The molecule has 0 saturated carbocycles. The molecule has 0 aliphatic heterocycles. The predicted octanol–water partition coefficient (Wildman–Crippen LogP) is 0.387. The second-order valence-electron chi connectivity index (χ2n) is 2.92. The molecule has 1 heterocycles. The molecule has 76 valence electrons. The van der Waals surface area contributed by atoms with Crippen molar-refractivity contribution in [3.05, 3.63) is 17.5 Å². The first kappa shape index (κ1) is 10.6. The molecule has 1 amide bonds. The third-order valence-corrected chi connectivity index (χ3v) is 1.99. The quantitative estimate of drug-likeness (QED) is 0.710. The Morgan fingerprint density at radius 1 is 1.79 bits per heavy atom. The van der Waals surface area contributed by atoms with Crippen molar-refractivity contribution in [3.8, 4) is 0 Å². The van der Waals surface area contributed by atoms with E-state index in [0.29, 0.717) is 5.76 Å². The van der Waals surface area contributed by atoms with Crippen LogP contribution in [0.5, 0.6) is 0 Å². The predicted molar refractivity (Wildman–Crippen MR) is 55.0 cm³/mol. The average molecular weight is 213 g/mol. The van der Waals surface area contributed by atoms with Crippen LogP contribution in [-0.4, -0.2) is 22.1 Å². The van der Waals surface area contributed by atoms with Crippen molar-refractivity contribution in [1.29, 1.82) is 0 Å². The normalized spacial score (nSPS) is 12.1. The summed E-state index contributed by atoms with van der Waals surface area (Å²) in [6.07, 6.45) is 0. The van der Waals surface area contributed by atoms with Gasteiger partial charge in [-0.1, -0.05) is 17.4 Å². The van der Waals surface area contributed by atoms with Gasteiger partial charge in [-0.05, 0) is 13.8 Å². The zero-order chi connectivity index (χ0) is 10.7. The molecular formula is C8H11N3O2S. The van der Waals surface area contributed by atoms with Crippen molar-refractivity contribution in [1.82, 2.24) is 10.5 Å². The fourth-order valence-electron chi connectivity index (χ4n) is 0.815. The van der Waals surface area contributed by atoms with Crippen LogP contribution in [0.15, 0.2) is 10.6 Å². The van der Waals surface area contributed by atoms with Gasteiger partial charge in [0.2, 0.25) is 0 Å². The van der Waals surface area contributed by atoms with Crippen LogP contribution in [-0.2, 0) is 0 Å². The number of aryl methyl sites for hydroxylation is 1. The zero-order valence-electron chi connectivity index (χ0n) is 7.90. The van der Waals surface area contributed by atoms with E-state index < -0.39 is 0 Å². The molecule has 0 aliphatic carbocycles. The third-order valence-electron chi connectivity index (χ3n) is 1.63. The molecule has 14 heavy (non-hydrogen) atoms. The van der Waals surface area contributed by atoms with E-state index in [0.717, 1.165) is 0 Å². The van der Waals surface area contributed by atoms with Gasteiger partial charge in [-0.25, -0.2) is 0 Å². The van der Waals surface area contributed by atoms with Crippen LogP contribution in [0.1, 0.15) is 23.2 Å². The van der Waals surface area contributed by atoms with Crippen LogP contribution in [0.25, 0.3) is 0 Å². The first-order chi connectivity index (χ1) is 6.50. The van der Waals surface area contributed by atoms with Crippen LogP contribution in [0.3, 0.4) is 0 Å². The Balaban J connectivity index is 2.63. The maximum atomic E-state index is 11.4. The lowest BCUT2D eigenvalue weighted by molar-refractivity contribution is 0.0940. The minimum Gasteiger partial charge on any atom is -0.392 e.